The van der Waals surface area contributed by atoms with Crippen molar-refractivity contribution in [3.8, 4) is 0 Å². The third kappa shape index (κ3) is 4.55. The Bertz CT molecular complexity index is 967. The van der Waals surface area contributed by atoms with Crippen molar-refractivity contribution in [3.05, 3.63) is 54.1 Å². The molecular weight excluding hydrogens is 372 g/mol. The SMILES string of the molecule is CCN(CC)C(C(=O)Nc1ccc2nc(NC(C)=O)sc2c1)c1ccccc1. The molecule has 1 unspecified atom stereocenters. The van der Waals surface area contributed by atoms with Crippen LogP contribution in [-0.4, -0.2) is 34.8 Å². The molecule has 2 aromatic carbocycles. The Morgan fingerprint density at radius 1 is 1.07 bits per heavy atom. The van der Waals surface area contributed by atoms with Gasteiger partial charge < -0.3 is 10.6 Å². The third-order valence-electron chi connectivity index (χ3n) is 4.48. The molecule has 0 aliphatic carbocycles. The lowest BCUT2D eigenvalue weighted by molar-refractivity contribution is -0.121. The molecule has 1 heterocycles. The number of aromatic nitrogens is 1. The summed E-state index contributed by atoms with van der Waals surface area (Å²) in [6.45, 7) is 7.11. The van der Waals surface area contributed by atoms with Crippen molar-refractivity contribution < 1.29 is 9.59 Å². The number of carbonyl (C=O) groups excluding carboxylic acids is 2. The van der Waals surface area contributed by atoms with Crippen molar-refractivity contribution >= 4 is 44.2 Å². The predicted molar refractivity (Wildman–Crippen MR) is 115 cm³/mol. The number of thiazole rings is 1. The molecule has 6 nitrogen and oxygen atoms in total. The van der Waals surface area contributed by atoms with Crippen molar-refractivity contribution in [2.24, 2.45) is 0 Å². The van der Waals surface area contributed by atoms with Gasteiger partial charge in [-0.2, -0.15) is 0 Å². The van der Waals surface area contributed by atoms with E-state index in [0.717, 1.165) is 28.9 Å². The van der Waals surface area contributed by atoms with Crippen LogP contribution in [0.1, 0.15) is 32.4 Å². The van der Waals surface area contributed by atoms with E-state index < -0.39 is 0 Å². The van der Waals surface area contributed by atoms with Crippen LogP contribution in [0.2, 0.25) is 0 Å². The summed E-state index contributed by atoms with van der Waals surface area (Å²) in [4.78, 5) is 30.9. The molecular formula is C21H24N4O2S. The lowest BCUT2D eigenvalue weighted by Gasteiger charge is -2.29. The van der Waals surface area contributed by atoms with Gasteiger partial charge in [0, 0.05) is 12.6 Å². The Hall–Kier alpha value is -2.77. The number of fused-ring (bicyclic) bond motifs is 1. The summed E-state index contributed by atoms with van der Waals surface area (Å²) in [7, 11) is 0. The zero-order valence-electron chi connectivity index (χ0n) is 16.2. The number of benzene rings is 2. The lowest BCUT2D eigenvalue weighted by atomic mass is 10.0. The molecule has 0 spiro atoms. The van der Waals surface area contributed by atoms with Crippen LogP contribution >= 0.6 is 11.3 Å². The number of anilines is 2. The minimum Gasteiger partial charge on any atom is -0.324 e. The van der Waals surface area contributed by atoms with Crippen LogP contribution in [0.5, 0.6) is 0 Å². The first-order valence-electron chi connectivity index (χ1n) is 9.29. The highest BCUT2D eigenvalue weighted by Crippen LogP contribution is 2.29. The number of likely N-dealkylation sites (N-methyl/N-ethyl adjacent to an activating group) is 1. The van der Waals surface area contributed by atoms with Gasteiger partial charge in [-0.3, -0.25) is 14.5 Å². The van der Waals surface area contributed by atoms with Gasteiger partial charge in [0.05, 0.1) is 10.2 Å². The maximum Gasteiger partial charge on any atom is 0.246 e. The summed E-state index contributed by atoms with van der Waals surface area (Å²) >= 11 is 1.38. The fourth-order valence-corrected chi connectivity index (χ4v) is 4.12. The molecule has 0 saturated heterocycles. The Labute approximate surface area is 168 Å². The first kappa shape index (κ1) is 20.0. The normalized spacial score (nSPS) is 12.1. The van der Waals surface area contributed by atoms with E-state index in [1.165, 1.54) is 18.3 Å². The molecule has 7 heteroatoms. The molecule has 0 fully saturated rings. The molecule has 3 rings (SSSR count). The van der Waals surface area contributed by atoms with Crippen LogP contribution in [0.4, 0.5) is 10.8 Å². The quantitative estimate of drug-likeness (QED) is 0.625. The van der Waals surface area contributed by atoms with E-state index in [4.69, 9.17) is 0 Å². The summed E-state index contributed by atoms with van der Waals surface area (Å²) in [6.07, 6.45) is 0. The van der Waals surface area contributed by atoms with Crippen LogP contribution in [0, 0.1) is 0 Å². The van der Waals surface area contributed by atoms with Gasteiger partial charge in [-0.05, 0) is 36.9 Å². The molecule has 146 valence electrons. The number of carbonyl (C=O) groups is 2. The average molecular weight is 397 g/mol. The standard InChI is InChI=1S/C21H24N4O2S/c1-4-25(5-2)19(15-9-7-6-8-10-15)20(27)23-16-11-12-17-18(13-16)28-21(24-17)22-14(3)26/h6-13,19H,4-5H2,1-3H3,(H,23,27)(H,22,24,26). The van der Waals surface area contributed by atoms with Crippen LogP contribution in [0.25, 0.3) is 10.2 Å². The Kier molecular flexibility index (Phi) is 6.38. The summed E-state index contributed by atoms with van der Waals surface area (Å²) in [6, 6.07) is 15.0. The second kappa shape index (κ2) is 8.95. The van der Waals surface area contributed by atoms with Crippen molar-refractivity contribution in [2.45, 2.75) is 26.8 Å². The highest BCUT2D eigenvalue weighted by Gasteiger charge is 2.25. The Balaban J connectivity index is 1.85. The molecule has 3 aromatic rings. The second-order valence-electron chi connectivity index (χ2n) is 6.41. The Morgan fingerprint density at radius 2 is 1.79 bits per heavy atom. The number of hydrogen-bond donors (Lipinski definition) is 2. The van der Waals surface area contributed by atoms with Gasteiger partial charge in [0.25, 0.3) is 0 Å². The summed E-state index contributed by atoms with van der Waals surface area (Å²) < 4.78 is 0.903. The van der Waals surface area contributed by atoms with Gasteiger partial charge >= 0.3 is 0 Å². The first-order chi connectivity index (χ1) is 13.5. The molecule has 2 amide bonds. The fourth-order valence-electron chi connectivity index (χ4n) is 3.17. The number of nitrogens with one attached hydrogen (secondary N) is 2. The number of hydrogen-bond acceptors (Lipinski definition) is 5. The van der Waals surface area contributed by atoms with E-state index in [1.54, 1.807) is 0 Å². The molecule has 2 N–H and O–H groups in total. The maximum atomic E-state index is 13.1. The lowest BCUT2D eigenvalue weighted by Crippen LogP contribution is -2.37. The topological polar surface area (TPSA) is 74.3 Å². The molecule has 28 heavy (non-hydrogen) atoms. The molecule has 0 radical (unpaired) electrons. The highest BCUT2D eigenvalue weighted by molar-refractivity contribution is 7.22. The van der Waals surface area contributed by atoms with Crippen LogP contribution in [0.15, 0.2) is 48.5 Å². The predicted octanol–water partition coefficient (Wildman–Crippen LogP) is 4.28. The van der Waals surface area contributed by atoms with Crippen LogP contribution in [-0.2, 0) is 9.59 Å². The van der Waals surface area contributed by atoms with Gasteiger partial charge in [0.15, 0.2) is 5.13 Å². The summed E-state index contributed by atoms with van der Waals surface area (Å²) in [5.41, 5.74) is 2.47. The van der Waals surface area contributed by atoms with E-state index in [9.17, 15) is 9.59 Å². The minimum atomic E-state index is -0.358. The van der Waals surface area contributed by atoms with Crippen molar-refractivity contribution in [3.63, 3.8) is 0 Å². The van der Waals surface area contributed by atoms with Crippen LogP contribution in [0.3, 0.4) is 0 Å². The van der Waals surface area contributed by atoms with E-state index in [0.29, 0.717) is 10.8 Å². The fraction of sp³-hybridized carbons (Fsp3) is 0.286. The minimum absolute atomic E-state index is 0.0687. The van der Waals surface area contributed by atoms with Gasteiger partial charge in [-0.1, -0.05) is 55.5 Å². The third-order valence-corrected chi connectivity index (χ3v) is 5.41. The number of rotatable bonds is 7. The maximum absolute atomic E-state index is 13.1. The van der Waals surface area contributed by atoms with Crippen molar-refractivity contribution in [1.82, 2.24) is 9.88 Å². The highest BCUT2D eigenvalue weighted by atomic mass is 32.1. The molecule has 0 saturated carbocycles. The molecule has 0 aliphatic heterocycles. The van der Waals surface area contributed by atoms with E-state index >= 15 is 0 Å². The van der Waals surface area contributed by atoms with Gasteiger partial charge in [-0.25, -0.2) is 4.98 Å². The first-order valence-corrected chi connectivity index (χ1v) is 10.1. The Morgan fingerprint density at radius 3 is 2.43 bits per heavy atom. The molecule has 0 bridgehead atoms. The monoisotopic (exact) mass is 396 g/mol. The summed E-state index contributed by atoms with van der Waals surface area (Å²) in [5, 5.41) is 6.29. The second-order valence-corrected chi connectivity index (χ2v) is 7.44. The summed E-state index contributed by atoms with van der Waals surface area (Å²) in [5.74, 6) is -0.224. The zero-order chi connectivity index (χ0) is 20.1. The van der Waals surface area contributed by atoms with Crippen LogP contribution < -0.4 is 10.6 Å². The van der Waals surface area contributed by atoms with E-state index in [2.05, 4.69) is 34.4 Å². The average Bonchev–Trinajstić information content (AvgIpc) is 3.07. The van der Waals surface area contributed by atoms with Gasteiger partial charge in [-0.15, -0.1) is 0 Å². The number of nitrogens with zero attached hydrogens (tertiary/aromatic N) is 2. The number of amides is 2. The molecule has 1 atom stereocenters. The van der Waals surface area contributed by atoms with E-state index in [1.807, 2.05) is 48.5 Å². The molecule has 1 aromatic heterocycles. The zero-order valence-corrected chi connectivity index (χ0v) is 17.0. The van der Waals surface area contributed by atoms with Crippen molar-refractivity contribution in [2.75, 3.05) is 23.7 Å². The largest absolute Gasteiger partial charge is 0.324 e. The van der Waals surface area contributed by atoms with E-state index in [-0.39, 0.29) is 17.9 Å². The van der Waals surface area contributed by atoms with Gasteiger partial charge in [0.1, 0.15) is 6.04 Å². The molecule has 0 aliphatic rings. The smallest absolute Gasteiger partial charge is 0.246 e. The van der Waals surface area contributed by atoms with Gasteiger partial charge in [0.2, 0.25) is 11.8 Å². The van der Waals surface area contributed by atoms with Crippen molar-refractivity contribution in [1.29, 1.82) is 0 Å².